The van der Waals surface area contributed by atoms with E-state index in [0.29, 0.717) is 23.4 Å². The Morgan fingerprint density at radius 1 is 1.50 bits per heavy atom. The molecule has 0 spiro atoms. The van der Waals surface area contributed by atoms with Gasteiger partial charge in [-0.2, -0.15) is 0 Å². The van der Waals surface area contributed by atoms with Crippen molar-refractivity contribution in [3.63, 3.8) is 0 Å². The summed E-state index contributed by atoms with van der Waals surface area (Å²) in [5.74, 6) is -0.110. The molecule has 16 heavy (non-hydrogen) atoms. The first-order valence-corrected chi connectivity index (χ1v) is 5.94. The van der Waals surface area contributed by atoms with Crippen LogP contribution in [0.1, 0.15) is 22.6 Å². The first-order valence-electron chi connectivity index (χ1n) is 5.12. The second-order valence-electron chi connectivity index (χ2n) is 3.71. The lowest BCUT2D eigenvalue weighted by atomic mass is 10.1. The highest BCUT2D eigenvalue weighted by atomic mass is 32.1. The molecular formula is C9H14N4O2S. The Morgan fingerprint density at radius 2 is 2.19 bits per heavy atom. The normalized spacial score (nSPS) is 17.3. The monoisotopic (exact) mass is 242 g/mol. The molecule has 2 heterocycles. The average molecular weight is 242 g/mol. The molecule has 1 saturated heterocycles. The lowest BCUT2D eigenvalue weighted by Gasteiger charge is -2.30. The van der Waals surface area contributed by atoms with Crippen molar-refractivity contribution in [1.82, 2.24) is 15.1 Å². The van der Waals surface area contributed by atoms with E-state index in [2.05, 4.69) is 10.2 Å². The second-order valence-corrected chi connectivity index (χ2v) is 4.71. The van der Waals surface area contributed by atoms with Crippen LogP contribution in [0, 0.1) is 0 Å². The van der Waals surface area contributed by atoms with Crippen LogP contribution in [-0.2, 0) is 4.74 Å². The molecule has 0 atom stereocenters. The van der Waals surface area contributed by atoms with Crippen LogP contribution >= 0.6 is 11.3 Å². The smallest absolute Gasteiger partial charge is 0.284 e. The number of hydrogen-bond donors (Lipinski definition) is 1. The Hall–Kier alpha value is -1.21. The van der Waals surface area contributed by atoms with Crippen LogP contribution < -0.4 is 5.73 Å². The van der Waals surface area contributed by atoms with Crippen LogP contribution in [0.4, 0.5) is 5.13 Å². The minimum absolute atomic E-state index is 0.110. The molecule has 1 aliphatic rings. The van der Waals surface area contributed by atoms with Crippen LogP contribution in [-0.4, -0.2) is 47.3 Å². The summed E-state index contributed by atoms with van der Waals surface area (Å²) in [7, 11) is 1.79. The van der Waals surface area contributed by atoms with Crippen LogP contribution in [0.3, 0.4) is 0 Å². The highest BCUT2D eigenvalue weighted by Crippen LogP contribution is 2.18. The van der Waals surface area contributed by atoms with Crippen LogP contribution in [0.2, 0.25) is 0 Å². The number of carbonyl (C=O) groups is 1. The molecule has 0 radical (unpaired) electrons. The number of amides is 1. The van der Waals surface area contributed by atoms with Gasteiger partial charge >= 0.3 is 0 Å². The van der Waals surface area contributed by atoms with E-state index in [-0.39, 0.29) is 11.9 Å². The largest absolute Gasteiger partial charge is 0.381 e. The summed E-state index contributed by atoms with van der Waals surface area (Å²) in [5, 5.41) is 8.07. The van der Waals surface area contributed by atoms with Gasteiger partial charge in [-0.05, 0) is 12.8 Å². The number of anilines is 1. The van der Waals surface area contributed by atoms with E-state index in [4.69, 9.17) is 10.5 Å². The van der Waals surface area contributed by atoms with Gasteiger partial charge in [0.15, 0.2) is 0 Å². The Kier molecular flexibility index (Phi) is 3.35. The molecule has 1 aliphatic heterocycles. The van der Waals surface area contributed by atoms with E-state index in [9.17, 15) is 4.79 Å². The van der Waals surface area contributed by atoms with Gasteiger partial charge in [0.25, 0.3) is 5.91 Å². The molecule has 1 fully saturated rings. The van der Waals surface area contributed by atoms with Crippen molar-refractivity contribution in [1.29, 1.82) is 0 Å². The molecular weight excluding hydrogens is 228 g/mol. The third kappa shape index (κ3) is 2.30. The van der Waals surface area contributed by atoms with Gasteiger partial charge in [-0.1, -0.05) is 11.3 Å². The quantitative estimate of drug-likeness (QED) is 0.810. The third-order valence-corrected chi connectivity index (χ3v) is 3.42. The van der Waals surface area contributed by atoms with Crippen LogP contribution in [0.25, 0.3) is 0 Å². The fraction of sp³-hybridized carbons (Fsp3) is 0.667. The summed E-state index contributed by atoms with van der Waals surface area (Å²) >= 11 is 1.12. The Morgan fingerprint density at radius 3 is 2.75 bits per heavy atom. The molecule has 1 amide bonds. The lowest BCUT2D eigenvalue weighted by molar-refractivity contribution is 0.0361. The fourth-order valence-corrected chi connectivity index (χ4v) is 2.30. The van der Waals surface area contributed by atoms with Crippen LogP contribution in [0.5, 0.6) is 0 Å². The minimum Gasteiger partial charge on any atom is -0.381 e. The predicted molar refractivity (Wildman–Crippen MR) is 60.3 cm³/mol. The van der Waals surface area contributed by atoms with Crippen molar-refractivity contribution in [3.05, 3.63) is 5.01 Å². The molecule has 0 aromatic carbocycles. The van der Waals surface area contributed by atoms with E-state index >= 15 is 0 Å². The van der Waals surface area contributed by atoms with E-state index in [0.717, 1.165) is 24.2 Å². The Balaban J connectivity index is 2.03. The van der Waals surface area contributed by atoms with Crippen molar-refractivity contribution in [2.24, 2.45) is 0 Å². The first-order chi connectivity index (χ1) is 7.68. The van der Waals surface area contributed by atoms with E-state index in [1.165, 1.54) is 0 Å². The molecule has 0 aliphatic carbocycles. The molecule has 7 heteroatoms. The zero-order valence-electron chi connectivity index (χ0n) is 9.05. The van der Waals surface area contributed by atoms with Crippen molar-refractivity contribution < 1.29 is 9.53 Å². The van der Waals surface area contributed by atoms with Crippen molar-refractivity contribution >= 4 is 22.4 Å². The molecule has 0 bridgehead atoms. The highest BCUT2D eigenvalue weighted by Gasteiger charge is 2.25. The van der Waals surface area contributed by atoms with Crippen molar-refractivity contribution in [2.75, 3.05) is 26.0 Å². The number of hydrogen-bond acceptors (Lipinski definition) is 6. The highest BCUT2D eigenvalue weighted by molar-refractivity contribution is 7.16. The molecule has 1 aromatic heterocycles. The summed E-state index contributed by atoms with van der Waals surface area (Å²) in [6, 6.07) is 0.228. The Bertz CT molecular complexity index is 375. The third-order valence-electron chi connectivity index (χ3n) is 2.68. The van der Waals surface area contributed by atoms with Gasteiger partial charge in [0.1, 0.15) is 0 Å². The van der Waals surface area contributed by atoms with Gasteiger partial charge < -0.3 is 15.4 Å². The van der Waals surface area contributed by atoms with Crippen molar-refractivity contribution in [3.8, 4) is 0 Å². The number of aromatic nitrogens is 2. The summed E-state index contributed by atoms with van der Waals surface area (Å²) in [6.45, 7) is 1.42. The van der Waals surface area contributed by atoms with Gasteiger partial charge in [0, 0.05) is 26.3 Å². The molecule has 88 valence electrons. The predicted octanol–water partition coefficient (Wildman–Crippen LogP) is 0.371. The fourth-order valence-electron chi connectivity index (χ4n) is 1.71. The van der Waals surface area contributed by atoms with Gasteiger partial charge in [-0.15, -0.1) is 10.2 Å². The number of carbonyl (C=O) groups excluding carboxylic acids is 1. The average Bonchev–Trinajstić information content (AvgIpc) is 2.75. The van der Waals surface area contributed by atoms with Gasteiger partial charge in [-0.3, -0.25) is 4.79 Å². The zero-order valence-corrected chi connectivity index (χ0v) is 9.87. The maximum Gasteiger partial charge on any atom is 0.284 e. The molecule has 2 rings (SSSR count). The van der Waals surface area contributed by atoms with Crippen LogP contribution in [0.15, 0.2) is 0 Å². The van der Waals surface area contributed by atoms with E-state index in [1.54, 1.807) is 11.9 Å². The summed E-state index contributed by atoms with van der Waals surface area (Å²) in [5.41, 5.74) is 5.45. The zero-order chi connectivity index (χ0) is 11.5. The second kappa shape index (κ2) is 4.75. The molecule has 2 N–H and O–H groups in total. The SMILES string of the molecule is CN(C(=O)c1nnc(N)s1)C1CCOCC1. The summed E-state index contributed by atoms with van der Waals surface area (Å²) in [4.78, 5) is 13.7. The number of nitrogens with zero attached hydrogens (tertiary/aromatic N) is 3. The lowest BCUT2D eigenvalue weighted by Crippen LogP contribution is -2.40. The van der Waals surface area contributed by atoms with Crippen molar-refractivity contribution in [2.45, 2.75) is 18.9 Å². The molecule has 1 aromatic rings. The topological polar surface area (TPSA) is 81.3 Å². The maximum atomic E-state index is 12.0. The summed E-state index contributed by atoms with van der Waals surface area (Å²) < 4.78 is 5.26. The Labute approximate surface area is 97.4 Å². The number of rotatable bonds is 2. The number of nitrogen functional groups attached to an aromatic ring is 1. The van der Waals surface area contributed by atoms with Gasteiger partial charge in [0.05, 0.1) is 0 Å². The molecule has 6 nitrogen and oxygen atoms in total. The van der Waals surface area contributed by atoms with E-state index in [1.807, 2.05) is 0 Å². The maximum absolute atomic E-state index is 12.0. The minimum atomic E-state index is -0.110. The van der Waals surface area contributed by atoms with Gasteiger partial charge in [0.2, 0.25) is 10.1 Å². The standard InChI is InChI=1S/C9H14N4O2S/c1-13(6-2-4-15-5-3-6)8(14)7-11-12-9(10)16-7/h6H,2-5H2,1H3,(H2,10,12). The number of ether oxygens (including phenoxy) is 1. The summed E-state index contributed by atoms with van der Waals surface area (Å²) in [6.07, 6.45) is 1.74. The molecule has 0 unspecified atom stereocenters. The number of nitrogens with two attached hydrogens (primary N) is 1. The molecule has 0 saturated carbocycles. The first kappa shape index (κ1) is 11.3. The van der Waals surface area contributed by atoms with Gasteiger partial charge in [-0.25, -0.2) is 0 Å². The van der Waals surface area contributed by atoms with E-state index < -0.39 is 0 Å².